The van der Waals surface area contributed by atoms with Crippen molar-refractivity contribution in [3.63, 3.8) is 0 Å². The Morgan fingerprint density at radius 1 is 1.03 bits per heavy atom. The number of nitrogens with one attached hydrogen (secondary N) is 2. The van der Waals surface area contributed by atoms with Crippen LogP contribution in [0.15, 0.2) is 87.3 Å². The number of carbonyl (C=O) groups excluding carboxylic acids is 1. The number of sulfonamides is 1. The summed E-state index contributed by atoms with van der Waals surface area (Å²) in [6.07, 6.45) is 1.49. The van der Waals surface area contributed by atoms with Crippen LogP contribution in [0.2, 0.25) is 0 Å². The first-order valence-corrected chi connectivity index (χ1v) is 11.0. The molecule has 0 heterocycles. The van der Waals surface area contributed by atoms with Gasteiger partial charge in [0.25, 0.3) is 15.9 Å². The minimum atomic E-state index is -3.92. The lowest BCUT2D eigenvalue weighted by molar-refractivity contribution is 0.0955. The van der Waals surface area contributed by atoms with Crippen molar-refractivity contribution < 1.29 is 17.9 Å². The van der Waals surface area contributed by atoms with Crippen LogP contribution in [0, 0.1) is 0 Å². The summed E-state index contributed by atoms with van der Waals surface area (Å²) in [4.78, 5) is 12.3. The molecule has 0 saturated carbocycles. The highest BCUT2D eigenvalue weighted by atomic mass is 79.9. The molecule has 0 spiro atoms. The van der Waals surface area contributed by atoms with E-state index in [9.17, 15) is 13.2 Å². The Kier molecular flexibility index (Phi) is 6.86. The lowest BCUT2D eigenvalue weighted by Gasteiger charge is -2.12. The molecule has 0 aliphatic rings. The van der Waals surface area contributed by atoms with Crippen molar-refractivity contribution in [3.8, 4) is 5.75 Å². The number of amides is 1. The van der Waals surface area contributed by atoms with Crippen LogP contribution in [0.25, 0.3) is 0 Å². The Morgan fingerprint density at radius 2 is 1.77 bits per heavy atom. The molecule has 0 atom stereocenters. The van der Waals surface area contributed by atoms with E-state index in [2.05, 4.69) is 31.2 Å². The van der Waals surface area contributed by atoms with Gasteiger partial charge in [0.15, 0.2) is 0 Å². The number of para-hydroxylation sites is 2. The lowest BCUT2D eigenvalue weighted by atomic mass is 10.2. The minimum Gasteiger partial charge on any atom is -0.495 e. The Labute approximate surface area is 183 Å². The van der Waals surface area contributed by atoms with Gasteiger partial charge in [0.2, 0.25) is 0 Å². The highest BCUT2D eigenvalue weighted by molar-refractivity contribution is 9.10. The quantitative estimate of drug-likeness (QED) is 0.388. The van der Waals surface area contributed by atoms with E-state index in [1.54, 1.807) is 24.3 Å². The second kappa shape index (κ2) is 9.55. The molecule has 0 unspecified atom stereocenters. The highest BCUT2D eigenvalue weighted by Gasteiger charge is 2.18. The maximum absolute atomic E-state index is 12.7. The second-order valence-electron chi connectivity index (χ2n) is 6.08. The number of carbonyl (C=O) groups is 1. The van der Waals surface area contributed by atoms with Crippen LogP contribution in [0.4, 0.5) is 5.69 Å². The summed E-state index contributed by atoms with van der Waals surface area (Å²) >= 11 is 3.34. The zero-order valence-corrected chi connectivity index (χ0v) is 18.3. The van der Waals surface area contributed by atoms with E-state index in [-0.39, 0.29) is 10.5 Å². The third-order valence-corrected chi connectivity index (χ3v) is 5.90. The standard InChI is InChI=1S/C21H18BrN3O4S/c1-29-20-8-3-2-7-19(20)25-30(27,28)18-6-4-5-16(13-18)21(26)24-23-14-15-9-11-17(22)12-10-15/h2-14,25H,1H3,(H,24,26)/b23-14+. The number of ether oxygens (including phenoxy) is 1. The number of nitrogens with zero attached hydrogens (tertiary/aromatic N) is 1. The molecule has 0 saturated heterocycles. The van der Waals surface area contributed by atoms with Gasteiger partial charge in [-0.25, -0.2) is 13.8 Å². The average Bonchev–Trinajstić information content (AvgIpc) is 2.75. The van der Waals surface area contributed by atoms with E-state index in [1.807, 2.05) is 24.3 Å². The van der Waals surface area contributed by atoms with Crippen LogP contribution in [0.3, 0.4) is 0 Å². The zero-order valence-electron chi connectivity index (χ0n) is 15.9. The molecular weight excluding hydrogens is 470 g/mol. The van der Waals surface area contributed by atoms with Crippen molar-refractivity contribution in [2.24, 2.45) is 5.10 Å². The molecule has 1 amide bonds. The molecule has 2 N–H and O–H groups in total. The summed E-state index contributed by atoms with van der Waals surface area (Å²) in [6.45, 7) is 0. The van der Waals surface area contributed by atoms with Crippen LogP contribution in [-0.2, 0) is 10.0 Å². The maximum atomic E-state index is 12.7. The Balaban J connectivity index is 1.74. The van der Waals surface area contributed by atoms with Crippen LogP contribution in [0.1, 0.15) is 15.9 Å². The molecule has 0 radical (unpaired) electrons. The SMILES string of the molecule is COc1ccccc1NS(=O)(=O)c1cccc(C(=O)N/N=C/c2ccc(Br)cc2)c1. The highest BCUT2D eigenvalue weighted by Crippen LogP contribution is 2.26. The molecule has 30 heavy (non-hydrogen) atoms. The smallest absolute Gasteiger partial charge is 0.271 e. The molecule has 0 aromatic heterocycles. The van der Waals surface area contributed by atoms with E-state index >= 15 is 0 Å². The minimum absolute atomic E-state index is 0.0575. The van der Waals surface area contributed by atoms with Gasteiger partial charge in [-0.1, -0.05) is 46.3 Å². The predicted molar refractivity (Wildman–Crippen MR) is 119 cm³/mol. The molecule has 9 heteroatoms. The van der Waals surface area contributed by atoms with Crippen molar-refractivity contribution in [2.75, 3.05) is 11.8 Å². The number of benzene rings is 3. The molecule has 3 aromatic rings. The fraction of sp³-hybridized carbons (Fsp3) is 0.0476. The lowest BCUT2D eigenvalue weighted by Crippen LogP contribution is -2.19. The molecule has 154 valence electrons. The molecule has 7 nitrogen and oxygen atoms in total. The molecular formula is C21H18BrN3O4S. The first-order valence-electron chi connectivity index (χ1n) is 8.74. The maximum Gasteiger partial charge on any atom is 0.271 e. The molecule has 3 aromatic carbocycles. The molecule has 3 rings (SSSR count). The van der Waals surface area contributed by atoms with E-state index in [4.69, 9.17) is 4.74 Å². The molecule has 0 aliphatic carbocycles. The number of hydrazone groups is 1. The number of hydrogen-bond donors (Lipinski definition) is 2. The van der Waals surface area contributed by atoms with Crippen LogP contribution < -0.4 is 14.9 Å². The molecule has 0 bridgehead atoms. The molecule has 0 fully saturated rings. The van der Waals surface area contributed by atoms with Gasteiger partial charge < -0.3 is 4.74 Å². The number of methoxy groups -OCH3 is 1. The van der Waals surface area contributed by atoms with Crippen molar-refractivity contribution in [1.82, 2.24) is 5.43 Å². The molecule has 0 aliphatic heterocycles. The number of rotatable bonds is 7. The van der Waals surface area contributed by atoms with Crippen LogP contribution in [-0.4, -0.2) is 27.6 Å². The summed E-state index contributed by atoms with van der Waals surface area (Å²) in [5.41, 5.74) is 3.65. The number of hydrogen-bond acceptors (Lipinski definition) is 5. The van der Waals surface area contributed by atoms with Crippen molar-refractivity contribution >= 4 is 43.8 Å². The summed E-state index contributed by atoms with van der Waals surface area (Å²) in [5.74, 6) is -0.144. The van der Waals surface area contributed by atoms with Gasteiger partial charge in [-0.3, -0.25) is 9.52 Å². The Morgan fingerprint density at radius 3 is 2.50 bits per heavy atom. The fourth-order valence-electron chi connectivity index (χ4n) is 2.52. The second-order valence-corrected chi connectivity index (χ2v) is 8.68. The number of anilines is 1. The normalized spacial score (nSPS) is 11.3. The van der Waals surface area contributed by atoms with E-state index < -0.39 is 15.9 Å². The first-order chi connectivity index (χ1) is 14.4. The van der Waals surface area contributed by atoms with Gasteiger partial charge in [-0.05, 0) is 48.0 Å². The van der Waals surface area contributed by atoms with Crippen molar-refractivity contribution in [3.05, 3.63) is 88.4 Å². The topological polar surface area (TPSA) is 96.9 Å². The van der Waals surface area contributed by atoms with Crippen molar-refractivity contribution in [2.45, 2.75) is 4.90 Å². The van der Waals surface area contributed by atoms with E-state index in [0.717, 1.165) is 10.0 Å². The van der Waals surface area contributed by atoms with E-state index in [0.29, 0.717) is 11.4 Å². The summed E-state index contributed by atoms with van der Waals surface area (Å²) in [7, 11) is -2.47. The van der Waals surface area contributed by atoms with Gasteiger partial charge in [0.05, 0.1) is 23.9 Å². The van der Waals surface area contributed by atoms with Crippen LogP contribution in [0.5, 0.6) is 5.75 Å². The number of halogens is 1. The Bertz CT molecular complexity index is 1180. The zero-order chi connectivity index (χ0) is 21.6. The van der Waals surface area contributed by atoms with Gasteiger partial charge in [0.1, 0.15) is 5.75 Å². The van der Waals surface area contributed by atoms with Gasteiger partial charge in [-0.15, -0.1) is 0 Å². The fourth-order valence-corrected chi connectivity index (χ4v) is 3.90. The predicted octanol–water partition coefficient (Wildman–Crippen LogP) is 4.02. The summed E-state index contributed by atoms with van der Waals surface area (Å²) in [5, 5.41) is 3.91. The van der Waals surface area contributed by atoms with Gasteiger partial charge in [-0.2, -0.15) is 5.10 Å². The van der Waals surface area contributed by atoms with Gasteiger partial charge in [0, 0.05) is 10.0 Å². The third kappa shape index (κ3) is 5.46. The monoisotopic (exact) mass is 487 g/mol. The largest absolute Gasteiger partial charge is 0.495 e. The summed E-state index contributed by atoms with van der Waals surface area (Å²) in [6, 6.07) is 19.7. The van der Waals surface area contributed by atoms with Gasteiger partial charge >= 0.3 is 0 Å². The Hall–Kier alpha value is -3.17. The third-order valence-electron chi connectivity index (χ3n) is 4.01. The van der Waals surface area contributed by atoms with Crippen molar-refractivity contribution in [1.29, 1.82) is 0 Å². The first kappa shape index (κ1) is 21.5. The van der Waals surface area contributed by atoms with E-state index in [1.165, 1.54) is 37.6 Å². The van der Waals surface area contributed by atoms with Crippen LogP contribution >= 0.6 is 15.9 Å². The average molecular weight is 488 g/mol. The summed E-state index contributed by atoms with van der Waals surface area (Å²) < 4.78 is 34.1.